The van der Waals surface area contributed by atoms with Crippen molar-refractivity contribution in [3.05, 3.63) is 203 Å². The van der Waals surface area contributed by atoms with Crippen LogP contribution in [0.3, 0.4) is 0 Å². The fourth-order valence-electron chi connectivity index (χ4n) is 9.54. The monoisotopic (exact) mass is 991 g/mol. The predicted octanol–water partition coefficient (Wildman–Crippen LogP) is 22.5. The first-order chi connectivity index (χ1) is 32.3. The van der Waals surface area contributed by atoms with Gasteiger partial charge in [-0.1, -0.05) is 239 Å². The summed E-state index contributed by atoms with van der Waals surface area (Å²) in [6.45, 7) is 27.3. The second kappa shape index (κ2) is 21.3. The van der Waals surface area contributed by atoms with Gasteiger partial charge in [-0.05, 0) is 109 Å². The SMILES string of the molecule is C.C.C.CC(C)(C)c1ccc2c(c1)Cc1ccccc1-2.CC(C)(C)c1ccc2sc3ccccc3c2c1.CC(C)(C)c1cccc2c1sc1ccccc12.CC(C)(C)c1cccc2sc3ccccc3c12. The van der Waals surface area contributed by atoms with E-state index >= 15 is 0 Å². The number of hydrogen-bond acceptors (Lipinski definition) is 3. The number of hydrogen-bond donors (Lipinski definition) is 0. The van der Waals surface area contributed by atoms with Gasteiger partial charge < -0.3 is 0 Å². The van der Waals surface area contributed by atoms with Gasteiger partial charge in [0, 0.05) is 60.5 Å². The average molecular weight is 992 g/mol. The Balaban J connectivity index is 0.000000153. The highest BCUT2D eigenvalue weighted by Gasteiger charge is 2.23. The van der Waals surface area contributed by atoms with Crippen molar-refractivity contribution in [3.63, 3.8) is 0 Å². The zero-order valence-electron chi connectivity index (χ0n) is 42.1. The lowest BCUT2D eigenvalue weighted by molar-refractivity contribution is 0.589. The van der Waals surface area contributed by atoms with Gasteiger partial charge in [0.05, 0.1) is 0 Å². The predicted molar refractivity (Wildman–Crippen MR) is 328 cm³/mol. The van der Waals surface area contributed by atoms with Gasteiger partial charge in [-0.2, -0.15) is 0 Å². The lowest BCUT2D eigenvalue weighted by Gasteiger charge is -2.20. The molecule has 0 atom stereocenters. The van der Waals surface area contributed by atoms with Gasteiger partial charge in [0.2, 0.25) is 0 Å². The summed E-state index contributed by atoms with van der Waals surface area (Å²) in [6.07, 6.45) is 1.09. The molecule has 0 N–H and O–H groups in total. The zero-order valence-corrected chi connectivity index (χ0v) is 44.5. The quantitative estimate of drug-likeness (QED) is 0.142. The molecule has 0 aliphatic heterocycles. The van der Waals surface area contributed by atoms with Gasteiger partial charge in [-0.25, -0.2) is 0 Å². The van der Waals surface area contributed by atoms with Crippen LogP contribution in [0.1, 0.15) is 139 Å². The van der Waals surface area contributed by atoms with Gasteiger partial charge in [0.1, 0.15) is 0 Å². The summed E-state index contributed by atoms with van der Waals surface area (Å²) in [6, 6.07) is 62.0. The van der Waals surface area contributed by atoms with Crippen molar-refractivity contribution in [3.8, 4) is 11.1 Å². The standard InChI is InChI=1S/C17H18.3C16H16S.3CH4/c1-17(2,3)14-8-9-16-13(11-14)10-12-6-4-5-7-15(12)16;1-16(2,3)13-9-6-8-12-11-7-4-5-10-14(11)17-15(12)13;1-16(2,3)12-8-6-10-14-15(12)11-7-4-5-9-13(11)17-14;1-16(2,3)11-8-9-15-13(10-11)12-6-4-5-7-14(12)17-15;;;/h4-9,11H,10H2,1-3H3;3*4-10H,1-3H3;3*1H4. The third kappa shape index (κ3) is 11.4. The normalized spacial score (nSPS) is 12.1. The second-order valence-electron chi connectivity index (χ2n) is 22.6. The molecular weight excluding hydrogens is 913 g/mol. The molecule has 0 saturated heterocycles. The maximum atomic E-state index is 2.38. The molecule has 1 aliphatic rings. The Morgan fingerprint density at radius 1 is 0.310 bits per heavy atom. The molecule has 0 fully saturated rings. The molecule has 0 nitrogen and oxygen atoms in total. The molecule has 0 saturated carbocycles. The van der Waals surface area contributed by atoms with E-state index in [0.29, 0.717) is 0 Å². The van der Waals surface area contributed by atoms with E-state index in [9.17, 15) is 0 Å². The summed E-state index contributed by atoms with van der Waals surface area (Å²) in [5, 5.41) is 8.42. The van der Waals surface area contributed by atoms with E-state index in [1.54, 1.807) is 0 Å². The van der Waals surface area contributed by atoms with E-state index in [2.05, 4.69) is 253 Å². The molecule has 3 aromatic heterocycles. The Morgan fingerprint density at radius 3 is 1.38 bits per heavy atom. The van der Waals surface area contributed by atoms with Crippen molar-refractivity contribution in [1.29, 1.82) is 0 Å². The van der Waals surface area contributed by atoms with Crippen LogP contribution in [0.15, 0.2) is 170 Å². The number of thiophene rings is 3. The highest BCUT2D eigenvalue weighted by molar-refractivity contribution is 7.26. The summed E-state index contributed by atoms with van der Waals surface area (Å²) in [7, 11) is 0. The molecule has 3 heterocycles. The number of rotatable bonds is 0. The van der Waals surface area contributed by atoms with Crippen LogP contribution in [0.25, 0.3) is 71.6 Å². The van der Waals surface area contributed by atoms with E-state index in [-0.39, 0.29) is 43.9 Å². The first-order valence-corrected chi connectivity index (χ1v) is 26.7. The first kappa shape index (κ1) is 54.7. The lowest BCUT2D eigenvalue weighted by atomic mass is 9.84. The van der Waals surface area contributed by atoms with Crippen molar-refractivity contribution in [1.82, 2.24) is 0 Å². The van der Waals surface area contributed by atoms with Gasteiger partial charge in [0.15, 0.2) is 0 Å². The zero-order chi connectivity index (χ0) is 48.2. The molecule has 0 spiro atoms. The summed E-state index contributed by atoms with van der Waals surface area (Å²) in [4.78, 5) is 0. The van der Waals surface area contributed by atoms with Gasteiger partial charge in [-0.15, -0.1) is 34.0 Å². The lowest BCUT2D eigenvalue weighted by Crippen LogP contribution is -2.11. The molecule has 368 valence electrons. The Bertz CT molecular complexity index is 3560. The smallest absolute Gasteiger partial charge is 0.0392 e. The fraction of sp³-hybridized carbons (Fsp3) is 0.294. The van der Waals surface area contributed by atoms with Crippen LogP contribution in [-0.2, 0) is 28.1 Å². The van der Waals surface area contributed by atoms with Crippen LogP contribution in [0, 0.1) is 0 Å². The van der Waals surface area contributed by atoms with Crippen molar-refractivity contribution in [2.45, 2.75) is 133 Å². The summed E-state index contributed by atoms with van der Waals surface area (Å²) < 4.78 is 8.39. The van der Waals surface area contributed by atoms with Crippen LogP contribution < -0.4 is 0 Å². The molecule has 3 heteroatoms. The molecule has 71 heavy (non-hydrogen) atoms. The fourth-order valence-corrected chi connectivity index (χ4v) is 13.2. The Hall–Kier alpha value is -5.58. The van der Waals surface area contributed by atoms with Gasteiger partial charge >= 0.3 is 0 Å². The molecule has 0 radical (unpaired) electrons. The van der Waals surface area contributed by atoms with Crippen LogP contribution in [0.2, 0.25) is 0 Å². The Kier molecular flexibility index (Phi) is 16.4. The van der Waals surface area contributed by atoms with Crippen LogP contribution in [-0.4, -0.2) is 0 Å². The minimum atomic E-state index is 0. The van der Waals surface area contributed by atoms with E-state index in [1.807, 2.05) is 34.0 Å². The average Bonchev–Trinajstić information content (AvgIpc) is 4.08. The third-order valence-electron chi connectivity index (χ3n) is 13.3. The maximum Gasteiger partial charge on any atom is 0.0392 e. The first-order valence-electron chi connectivity index (χ1n) is 24.2. The van der Waals surface area contributed by atoms with E-state index in [0.717, 1.165) is 6.42 Å². The number of benzene rings is 8. The molecule has 1 aliphatic carbocycles. The molecule has 0 unspecified atom stereocenters. The van der Waals surface area contributed by atoms with Crippen molar-refractivity contribution in [2.24, 2.45) is 0 Å². The molecule has 0 amide bonds. The Morgan fingerprint density at radius 2 is 0.746 bits per heavy atom. The van der Waals surface area contributed by atoms with E-state index in [4.69, 9.17) is 0 Å². The Labute approximate surface area is 439 Å². The van der Waals surface area contributed by atoms with Gasteiger partial charge in [0.25, 0.3) is 0 Å². The second-order valence-corrected chi connectivity index (χ2v) is 25.8. The summed E-state index contributed by atoms with van der Waals surface area (Å²) >= 11 is 5.69. The van der Waals surface area contributed by atoms with Crippen molar-refractivity contribution >= 4 is 94.5 Å². The minimum absolute atomic E-state index is 0. The van der Waals surface area contributed by atoms with Crippen molar-refractivity contribution in [2.75, 3.05) is 0 Å². The summed E-state index contributed by atoms with van der Waals surface area (Å²) in [5.74, 6) is 0. The van der Waals surface area contributed by atoms with E-state index < -0.39 is 0 Å². The largest absolute Gasteiger partial charge is 0.135 e. The molecule has 12 rings (SSSR count). The van der Waals surface area contributed by atoms with E-state index in [1.165, 1.54) is 105 Å². The van der Waals surface area contributed by atoms with Crippen molar-refractivity contribution < 1.29 is 0 Å². The van der Waals surface area contributed by atoms with Crippen LogP contribution in [0.5, 0.6) is 0 Å². The number of fused-ring (bicyclic) bond motifs is 12. The highest BCUT2D eigenvalue weighted by Crippen LogP contribution is 2.42. The molecular formula is C68H78S3. The van der Waals surface area contributed by atoms with Crippen LogP contribution in [0.4, 0.5) is 0 Å². The molecule has 8 aromatic carbocycles. The maximum absolute atomic E-state index is 2.38. The van der Waals surface area contributed by atoms with Crippen LogP contribution >= 0.6 is 34.0 Å². The molecule has 11 aromatic rings. The molecule has 0 bridgehead atoms. The topological polar surface area (TPSA) is 0 Å². The third-order valence-corrected chi connectivity index (χ3v) is 16.8. The highest BCUT2D eigenvalue weighted by atomic mass is 32.1. The summed E-state index contributed by atoms with van der Waals surface area (Å²) in [5.41, 5.74) is 12.4. The van der Waals surface area contributed by atoms with Gasteiger partial charge in [-0.3, -0.25) is 0 Å². The minimum Gasteiger partial charge on any atom is -0.135 e.